The van der Waals surface area contributed by atoms with Gasteiger partial charge in [0.25, 0.3) is 0 Å². The molecule has 1 fully saturated rings. The van der Waals surface area contributed by atoms with Gasteiger partial charge >= 0.3 is 0 Å². The van der Waals surface area contributed by atoms with Crippen LogP contribution >= 0.6 is 11.3 Å². The molecule has 1 saturated heterocycles. The van der Waals surface area contributed by atoms with Gasteiger partial charge in [0, 0.05) is 56.8 Å². The van der Waals surface area contributed by atoms with E-state index in [1.54, 1.807) is 12.1 Å². The number of amides is 1. The summed E-state index contributed by atoms with van der Waals surface area (Å²) in [5, 5.41) is 3.21. The topological polar surface area (TPSA) is 83.5 Å². The Morgan fingerprint density at radius 3 is 2.67 bits per heavy atom. The van der Waals surface area contributed by atoms with Crippen LogP contribution in [0.2, 0.25) is 0 Å². The first-order valence-electron chi connectivity index (χ1n) is 11.5. The summed E-state index contributed by atoms with van der Waals surface area (Å²) in [6.45, 7) is 6.13. The molecule has 0 spiro atoms. The summed E-state index contributed by atoms with van der Waals surface area (Å²) in [6.07, 6.45) is 1.46. The van der Waals surface area contributed by atoms with Crippen molar-refractivity contribution in [2.75, 3.05) is 36.4 Å². The lowest BCUT2D eigenvalue weighted by molar-refractivity contribution is -0.114. The quantitative estimate of drug-likeness (QED) is 0.391. The lowest BCUT2D eigenvalue weighted by Gasteiger charge is -2.38. The van der Waals surface area contributed by atoms with Crippen molar-refractivity contribution >= 4 is 38.4 Å². The SMILES string of the molecule is CC(=O)Nc1nc2c(Oc3cc(N4CCN([C@H](C)c5ccc(F)cc5F)CC4)ncn3)cccc2s1. The molecule has 1 aliphatic rings. The minimum atomic E-state index is -0.575. The summed E-state index contributed by atoms with van der Waals surface area (Å²) in [4.78, 5) is 28.8. The number of hydrogen-bond donors (Lipinski definition) is 1. The molecule has 36 heavy (non-hydrogen) atoms. The molecule has 0 aliphatic carbocycles. The van der Waals surface area contributed by atoms with Crippen LogP contribution in [0.5, 0.6) is 11.6 Å². The molecule has 0 saturated carbocycles. The van der Waals surface area contributed by atoms with Gasteiger partial charge in [-0.3, -0.25) is 9.69 Å². The summed E-state index contributed by atoms with van der Waals surface area (Å²) < 4.78 is 34.5. The van der Waals surface area contributed by atoms with E-state index in [4.69, 9.17) is 4.74 Å². The van der Waals surface area contributed by atoms with Crippen molar-refractivity contribution < 1.29 is 18.3 Å². The van der Waals surface area contributed by atoms with Crippen LogP contribution in [0.3, 0.4) is 0 Å². The second kappa shape index (κ2) is 10.1. The molecule has 2 aromatic heterocycles. The lowest BCUT2D eigenvalue weighted by atomic mass is 10.1. The fraction of sp³-hybridized carbons (Fsp3) is 0.280. The Morgan fingerprint density at radius 1 is 1.11 bits per heavy atom. The minimum absolute atomic E-state index is 0.168. The van der Waals surface area contributed by atoms with Crippen molar-refractivity contribution in [1.82, 2.24) is 19.9 Å². The number of hydrogen-bond acceptors (Lipinski definition) is 8. The molecule has 0 bridgehead atoms. The number of anilines is 2. The molecule has 1 atom stereocenters. The van der Waals surface area contributed by atoms with Gasteiger partial charge in [-0.15, -0.1) is 0 Å². The van der Waals surface area contributed by atoms with Crippen molar-refractivity contribution in [2.24, 2.45) is 0 Å². The standard InChI is InChI=1S/C25H24F2N6O2S/c1-15(18-7-6-17(26)12-19(18)27)32-8-10-33(11-9-32)22-13-23(29-14-28-22)35-20-4-3-5-21-24(20)31-25(36-21)30-16(2)34/h3-7,12-15H,8-11H2,1-2H3,(H,30,31,34)/t15-/m1/s1. The third kappa shape index (κ3) is 5.12. The zero-order valence-electron chi connectivity index (χ0n) is 19.7. The van der Waals surface area contributed by atoms with Gasteiger partial charge in [-0.05, 0) is 25.1 Å². The second-order valence-electron chi connectivity index (χ2n) is 8.48. The van der Waals surface area contributed by atoms with Crippen LogP contribution in [0.25, 0.3) is 10.2 Å². The van der Waals surface area contributed by atoms with Crippen LogP contribution in [0.1, 0.15) is 25.5 Å². The van der Waals surface area contributed by atoms with E-state index in [2.05, 4.69) is 30.1 Å². The lowest BCUT2D eigenvalue weighted by Crippen LogP contribution is -2.47. The summed E-state index contributed by atoms with van der Waals surface area (Å²) in [7, 11) is 0. The highest BCUT2D eigenvalue weighted by atomic mass is 32.1. The van der Waals surface area contributed by atoms with Crippen molar-refractivity contribution in [2.45, 2.75) is 19.9 Å². The summed E-state index contributed by atoms with van der Waals surface area (Å²) in [6, 6.07) is 10.9. The molecular weight excluding hydrogens is 486 g/mol. The number of fused-ring (bicyclic) bond motifs is 1. The molecule has 0 unspecified atom stereocenters. The number of thiazole rings is 1. The number of nitrogens with zero attached hydrogens (tertiary/aromatic N) is 5. The van der Waals surface area contributed by atoms with Crippen LogP contribution in [0.4, 0.5) is 19.7 Å². The van der Waals surface area contributed by atoms with Gasteiger partial charge in [0.05, 0.1) is 4.70 Å². The molecule has 5 rings (SSSR count). The number of nitrogens with one attached hydrogen (secondary N) is 1. The molecule has 0 radical (unpaired) electrons. The van der Waals surface area contributed by atoms with E-state index in [1.807, 2.05) is 19.1 Å². The maximum atomic E-state index is 14.2. The maximum absolute atomic E-state index is 14.2. The molecule has 1 aliphatic heterocycles. The largest absolute Gasteiger partial charge is 0.437 e. The van der Waals surface area contributed by atoms with Gasteiger partial charge in [-0.25, -0.2) is 23.7 Å². The van der Waals surface area contributed by atoms with Gasteiger partial charge in [0.2, 0.25) is 11.8 Å². The number of ether oxygens (including phenoxy) is 1. The molecule has 1 N–H and O–H groups in total. The number of para-hydroxylation sites is 1. The molecule has 3 heterocycles. The van der Waals surface area contributed by atoms with Crippen molar-refractivity contribution in [3.8, 4) is 11.6 Å². The smallest absolute Gasteiger partial charge is 0.224 e. The molecular formula is C25H24F2N6O2S. The first-order chi connectivity index (χ1) is 17.4. The minimum Gasteiger partial charge on any atom is -0.437 e. The summed E-state index contributed by atoms with van der Waals surface area (Å²) in [5.41, 5.74) is 1.13. The zero-order chi connectivity index (χ0) is 25.2. The molecule has 4 aromatic rings. The summed E-state index contributed by atoms with van der Waals surface area (Å²) in [5.74, 6) is 0.353. The van der Waals surface area contributed by atoms with E-state index in [0.717, 1.165) is 16.6 Å². The van der Waals surface area contributed by atoms with E-state index in [9.17, 15) is 13.6 Å². The van der Waals surface area contributed by atoms with Crippen molar-refractivity contribution in [3.63, 3.8) is 0 Å². The first kappa shape index (κ1) is 24.0. The predicted octanol–water partition coefficient (Wildman–Crippen LogP) is 5.00. The third-order valence-corrected chi connectivity index (χ3v) is 7.04. The van der Waals surface area contributed by atoms with Crippen LogP contribution < -0.4 is 15.0 Å². The fourth-order valence-electron chi connectivity index (χ4n) is 4.26. The van der Waals surface area contributed by atoms with Gasteiger partial charge in [0.1, 0.15) is 29.3 Å². The number of halogens is 2. The number of aromatic nitrogens is 3. The maximum Gasteiger partial charge on any atom is 0.224 e. The van der Waals surface area contributed by atoms with Gasteiger partial charge in [-0.1, -0.05) is 23.5 Å². The molecule has 186 valence electrons. The van der Waals surface area contributed by atoms with Crippen molar-refractivity contribution in [1.29, 1.82) is 0 Å². The Balaban J connectivity index is 1.27. The zero-order valence-corrected chi connectivity index (χ0v) is 20.6. The number of piperazine rings is 1. The Kier molecular flexibility index (Phi) is 6.75. The second-order valence-corrected chi connectivity index (χ2v) is 9.52. The number of rotatable bonds is 6. The van der Waals surface area contributed by atoms with Crippen LogP contribution in [-0.4, -0.2) is 51.9 Å². The molecule has 1 amide bonds. The number of carbonyl (C=O) groups excluding carboxylic acids is 1. The average Bonchev–Trinajstić information content (AvgIpc) is 3.27. The Hall–Kier alpha value is -3.70. The predicted molar refractivity (Wildman–Crippen MR) is 135 cm³/mol. The van der Waals surface area contributed by atoms with Gasteiger partial charge in [0.15, 0.2) is 10.9 Å². The van der Waals surface area contributed by atoms with E-state index in [1.165, 1.54) is 36.7 Å². The van der Waals surface area contributed by atoms with Crippen LogP contribution in [0, 0.1) is 11.6 Å². The van der Waals surface area contributed by atoms with E-state index >= 15 is 0 Å². The Labute approximate surface area is 210 Å². The Morgan fingerprint density at radius 2 is 1.92 bits per heavy atom. The Bertz CT molecular complexity index is 1410. The molecule has 11 heteroatoms. The molecule has 2 aromatic carbocycles. The first-order valence-corrected chi connectivity index (χ1v) is 12.3. The third-order valence-electron chi connectivity index (χ3n) is 6.11. The summed E-state index contributed by atoms with van der Waals surface area (Å²) >= 11 is 1.37. The van der Waals surface area contributed by atoms with Crippen molar-refractivity contribution in [3.05, 3.63) is 66.0 Å². The van der Waals surface area contributed by atoms with E-state index in [0.29, 0.717) is 54.0 Å². The monoisotopic (exact) mass is 510 g/mol. The van der Waals surface area contributed by atoms with E-state index in [-0.39, 0.29) is 11.9 Å². The average molecular weight is 511 g/mol. The van der Waals surface area contributed by atoms with Gasteiger partial charge < -0.3 is 15.0 Å². The molecule has 8 nitrogen and oxygen atoms in total. The van der Waals surface area contributed by atoms with Crippen LogP contribution in [0.15, 0.2) is 48.8 Å². The normalized spacial score (nSPS) is 15.2. The fourth-order valence-corrected chi connectivity index (χ4v) is 5.19. The van der Waals surface area contributed by atoms with Crippen LogP contribution in [-0.2, 0) is 4.79 Å². The highest BCUT2D eigenvalue weighted by Crippen LogP contribution is 2.35. The van der Waals surface area contributed by atoms with Gasteiger partial charge in [-0.2, -0.15) is 0 Å². The highest BCUT2D eigenvalue weighted by molar-refractivity contribution is 7.22. The number of carbonyl (C=O) groups is 1. The van der Waals surface area contributed by atoms with E-state index < -0.39 is 11.6 Å². The number of benzene rings is 2. The highest BCUT2D eigenvalue weighted by Gasteiger charge is 2.25.